The van der Waals surface area contributed by atoms with Gasteiger partial charge in [-0.2, -0.15) is 0 Å². The zero-order valence-corrected chi connectivity index (χ0v) is 18.2. The third-order valence-corrected chi connectivity index (χ3v) is 3.06. The number of hydrogen-bond acceptors (Lipinski definition) is 7. The molecule has 0 atom stereocenters. The van der Waals surface area contributed by atoms with E-state index >= 15 is 0 Å². The van der Waals surface area contributed by atoms with Crippen LogP contribution in [-0.2, 0) is 19.1 Å². The van der Waals surface area contributed by atoms with E-state index < -0.39 is 23.3 Å². The summed E-state index contributed by atoms with van der Waals surface area (Å²) < 4.78 is 4.50. The monoisotopic (exact) mass is 436 g/mol. The van der Waals surface area contributed by atoms with Gasteiger partial charge in [-0.1, -0.05) is 26.7 Å². The Morgan fingerprint density at radius 1 is 0.733 bits per heavy atom. The van der Waals surface area contributed by atoms with Crippen molar-refractivity contribution in [1.29, 1.82) is 0 Å². The van der Waals surface area contributed by atoms with Crippen LogP contribution < -0.4 is 0 Å². The highest BCUT2D eigenvalue weighted by Crippen LogP contribution is 2.18. The minimum atomic E-state index is -0.935. The Hall–Kier alpha value is -2.53. The molecule has 1 aliphatic rings. The largest absolute Gasteiger partial charge is 0.478 e. The quantitative estimate of drug-likeness (QED) is 0.251. The van der Waals surface area contributed by atoms with Gasteiger partial charge in [-0.05, 0) is 27.2 Å². The number of aliphatic hydroxyl groups excluding tert-OH is 3. The van der Waals surface area contributed by atoms with Crippen LogP contribution in [0.15, 0.2) is 36.5 Å². The van der Waals surface area contributed by atoms with Crippen molar-refractivity contribution >= 4 is 17.9 Å². The van der Waals surface area contributed by atoms with Crippen LogP contribution in [-0.4, -0.2) is 81.6 Å². The van der Waals surface area contributed by atoms with Gasteiger partial charge in [0.1, 0.15) is 0 Å². The Bertz CT molecular complexity index is 432. The molecule has 0 aromatic heterocycles. The fraction of sp³-hybridized carbons (Fsp3) is 0.550. The molecule has 10 nitrogen and oxygen atoms in total. The Kier molecular flexibility index (Phi) is 24.7. The number of carbonyl (C=O) groups is 3. The summed E-state index contributed by atoms with van der Waals surface area (Å²) in [7, 11) is 0. The normalized spacial score (nSPS) is 10.5. The van der Waals surface area contributed by atoms with Gasteiger partial charge in [0.15, 0.2) is 0 Å². The van der Waals surface area contributed by atoms with Gasteiger partial charge in [0.2, 0.25) is 0 Å². The fourth-order valence-electron chi connectivity index (χ4n) is 0.485. The zero-order valence-electron chi connectivity index (χ0n) is 18.2. The molecule has 10 heteroatoms. The van der Waals surface area contributed by atoms with Crippen molar-refractivity contribution in [3.8, 4) is 0 Å². The Balaban J connectivity index is -0.000000145. The molecule has 30 heavy (non-hydrogen) atoms. The second-order valence-corrected chi connectivity index (χ2v) is 6.20. The van der Waals surface area contributed by atoms with Crippen LogP contribution in [0.4, 0.5) is 0 Å². The topological polar surface area (TPSA) is 185 Å². The lowest BCUT2D eigenvalue weighted by Gasteiger charge is -2.24. The minimum Gasteiger partial charge on any atom is -0.478 e. The van der Waals surface area contributed by atoms with Crippen molar-refractivity contribution in [2.45, 2.75) is 34.1 Å². The second kappa shape index (κ2) is 21.2. The molecule has 1 rings (SSSR count). The highest BCUT2D eigenvalue weighted by Gasteiger charge is 2.24. The number of ether oxygens (including phenoxy) is 1. The van der Waals surface area contributed by atoms with E-state index in [2.05, 4.69) is 24.5 Å². The summed E-state index contributed by atoms with van der Waals surface area (Å²) in [5.74, 6) is -2.81. The molecule has 0 spiro atoms. The number of aliphatic hydroxyl groups is 3. The third-order valence-electron chi connectivity index (χ3n) is 3.06. The molecular formula is C20H36O10. The van der Waals surface area contributed by atoms with Gasteiger partial charge in [-0.3, -0.25) is 0 Å². The van der Waals surface area contributed by atoms with Crippen molar-refractivity contribution in [3.63, 3.8) is 0 Å². The number of carboxylic acids is 3. The summed E-state index contributed by atoms with van der Waals surface area (Å²) in [5.41, 5.74) is -0.139. The highest BCUT2D eigenvalue weighted by atomic mass is 16.6. The molecule has 1 fully saturated rings. The molecule has 0 radical (unpaired) electrons. The van der Waals surface area contributed by atoms with Gasteiger partial charge in [0.25, 0.3) is 0 Å². The van der Waals surface area contributed by atoms with Crippen molar-refractivity contribution in [1.82, 2.24) is 0 Å². The highest BCUT2D eigenvalue weighted by molar-refractivity contribution is 5.85. The number of hydrogen-bond donors (Lipinski definition) is 6. The first kappa shape index (κ1) is 34.9. The maximum atomic E-state index is 9.60. The van der Waals surface area contributed by atoms with Crippen molar-refractivity contribution in [2.75, 3.05) is 33.0 Å². The second-order valence-electron chi connectivity index (χ2n) is 6.20. The smallest absolute Gasteiger partial charge is 0.330 e. The van der Waals surface area contributed by atoms with Gasteiger partial charge in [-0.25, -0.2) is 14.4 Å². The lowest BCUT2D eigenvalue weighted by Crippen LogP contribution is -2.32. The molecule has 176 valence electrons. The summed E-state index contributed by atoms with van der Waals surface area (Å²) in [6, 6.07) is 0. The van der Waals surface area contributed by atoms with Crippen LogP contribution in [0.2, 0.25) is 0 Å². The lowest BCUT2D eigenvalue weighted by molar-refractivity contribution is -0.133. The summed E-state index contributed by atoms with van der Waals surface area (Å²) in [5, 5.41) is 49.6. The SMILES string of the molecule is C1CO1.C=C(C)C(=O)O.C=C(C)C(=O)O.C=C(C)C(=O)O.CCC(CO)(CO)CO. The number of rotatable bonds is 7. The molecule has 6 N–H and O–H groups in total. The molecule has 0 aromatic carbocycles. The first-order chi connectivity index (χ1) is 13.7. The van der Waals surface area contributed by atoms with Crippen LogP contribution in [0.5, 0.6) is 0 Å². The predicted molar refractivity (Wildman–Crippen MR) is 112 cm³/mol. The van der Waals surface area contributed by atoms with Gasteiger partial charge in [-0.15, -0.1) is 0 Å². The number of aliphatic carboxylic acids is 3. The summed E-state index contributed by atoms with van der Waals surface area (Å²) >= 11 is 0. The zero-order chi connectivity index (χ0) is 24.9. The van der Waals surface area contributed by atoms with E-state index in [9.17, 15) is 14.4 Å². The third kappa shape index (κ3) is 30.2. The molecule has 0 aliphatic carbocycles. The van der Waals surface area contributed by atoms with Crippen molar-refractivity contribution in [3.05, 3.63) is 36.5 Å². The first-order valence-corrected chi connectivity index (χ1v) is 8.74. The predicted octanol–water partition coefficient (Wildman–Crippen LogP) is 1.32. The molecule has 0 unspecified atom stereocenters. The van der Waals surface area contributed by atoms with Gasteiger partial charge < -0.3 is 35.4 Å². The van der Waals surface area contributed by atoms with E-state index in [-0.39, 0.29) is 36.5 Å². The standard InChI is InChI=1S/C6H14O3.3C4H6O2.C2H4O/c1-2-6(3-7,4-8)5-9;3*1-3(2)4(5)6;1-2-3-1/h7-9H,2-5H2,1H3;3*1H2,2H3,(H,5,6);1-2H2. The number of carboxylic acid groups (broad SMARTS) is 3. The van der Waals surface area contributed by atoms with Crippen LogP contribution in [0.1, 0.15) is 34.1 Å². The summed E-state index contributed by atoms with van der Waals surface area (Å²) in [6.45, 7) is 17.2. The van der Waals surface area contributed by atoms with Gasteiger partial charge >= 0.3 is 17.9 Å². The molecule has 0 aromatic rings. The van der Waals surface area contributed by atoms with Crippen LogP contribution in [0.3, 0.4) is 0 Å². The summed E-state index contributed by atoms with van der Waals surface area (Å²) in [6.07, 6.45) is 0.594. The van der Waals surface area contributed by atoms with E-state index in [1.54, 1.807) is 0 Å². The average molecular weight is 436 g/mol. The van der Waals surface area contributed by atoms with Crippen LogP contribution >= 0.6 is 0 Å². The first-order valence-electron chi connectivity index (χ1n) is 8.74. The van der Waals surface area contributed by atoms with E-state index in [1.165, 1.54) is 20.8 Å². The molecule has 1 aliphatic heterocycles. The van der Waals surface area contributed by atoms with E-state index in [4.69, 9.17) is 30.6 Å². The molecule has 0 bridgehead atoms. The van der Waals surface area contributed by atoms with E-state index in [0.717, 1.165) is 13.2 Å². The van der Waals surface area contributed by atoms with Crippen molar-refractivity contribution < 1.29 is 49.8 Å². The average Bonchev–Trinajstić information content (AvgIpc) is 3.54. The van der Waals surface area contributed by atoms with Gasteiger partial charge in [0.05, 0.1) is 33.0 Å². The molecule has 0 amide bonds. The molecule has 1 saturated heterocycles. The maximum absolute atomic E-state index is 9.60. The summed E-state index contributed by atoms with van der Waals surface area (Å²) in [4.78, 5) is 28.8. The molecular weight excluding hydrogens is 400 g/mol. The Morgan fingerprint density at radius 3 is 0.900 bits per heavy atom. The van der Waals surface area contributed by atoms with Crippen LogP contribution in [0, 0.1) is 5.41 Å². The van der Waals surface area contributed by atoms with Gasteiger partial charge in [0, 0.05) is 22.1 Å². The maximum Gasteiger partial charge on any atom is 0.330 e. The number of epoxide rings is 1. The van der Waals surface area contributed by atoms with E-state index in [1.807, 2.05) is 6.92 Å². The molecule has 1 heterocycles. The van der Waals surface area contributed by atoms with Crippen molar-refractivity contribution in [2.24, 2.45) is 5.41 Å². The van der Waals surface area contributed by atoms with E-state index in [0.29, 0.717) is 6.42 Å². The Labute approximate surface area is 177 Å². The molecule has 0 saturated carbocycles. The van der Waals surface area contributed by atoms with Crippen LogP contribution in [0.25, 0.3) is 0 Å². The minimum absolute atomic E-state index is 0.156. The fourth-order valence-corrected chi connectivity index (χ4v) is 0.485. The Morgan fingerprint density at radius 2 is 0.900 bits per heavy atom. The lowest BCUT2D eigenvalue weighted by atomic mass is 9.88.